The summed E-state index contributed by atoms with van der Waals surface area (Å²) in [7, 11) is 0. The molecule has 0 atom stereocenters. The summed E-state index contributed by atoms with van der Waals surface area (Å²) in [6.45, 7) is 1.93. The van der Waals surface area contributed by atoms with Gasteiger partial charge in [-0.3, -0.25) is 0 Å². The number of alkyl halides is 3. The van der Waals surface area contributed by atoms with Crippen molar-refractivity contribution in [2.75, 3.05) is 26.2 Å². The molecule has 0 aromatic carbocycles. The molecule has 0 radical (unpaired) electrons. The van der Waals surface area contributed by atoms with Gasteiger partial charge in [-0.2, -0.15) is 13.2 Å². The van der Waals surface area contributed by atoms with Gasteiger partial charge in [0.05, 0.1) is 13.2 Å². The molecule has 1 fully saturated rings. The normalized spacial score (nSPS) is 18.2. The number of piperidine rings is 1. The Morgan fingerprint density at radius 1 is 1.41 bits per heavy atom. The Hall–Kier alpha value is -0.980. The highest BCUT2D eigenvalue weighted by atomic mass is 19.4. The maximum atomic E-state index is 12.0. The minimum Gasteiger partial charge on any atom is -0.450 e. The number of rotatable bonds is 3. The zero-order chi connectivity index (χ0) is 12.9. The van der Waals surface area contributed by atoms with Crippen LogP contribution < -0.4 is 5.32 Å². The van der Waals surface area contributed by atoms with Gasteiger partial charge in [0, 0.05) is 19.1 Å². The predicted molar refractivity (Wildman–Crippen MR) is 55.7 cm³/mol. The second kappa shape index (κ2) is 6.09. The molecule has 0 bridgehead atoms. The standard InChI is InChI=1S/C10H17F3N2O2/c1-2-17-9(16)15-5-3-8(4-6-15)14-7-10(11,12)13/h8,14H,2-7H2,1H3. The van der Waals surface area contributed by atoms with E-state index in [1.165, 1.54) is 4.90 Å². The van der Waals surface area contributed by atoms with Crippen molar-refractivity contribution in [3.8, 4) is 0 Å². The molecule has 1 N–H and O–H groups in total. The van der Waals surface area contributed by atoms with E-state index in [9.17, 15) is 18.0 Å². The second-order valence-electron chi connectivity index (χ2n) is 3.96. The van der Waals surface area contributed by atoms with Crippen molar-refractivity contribution in [3.05, 3.63) is 0 Å². The van der Waals surface area contributed by atoms with Crippen molar-refractivity contribution in [2.45, 2.75) is 32.0 Å². The zero-order valence-corrected chi connectivity index (χ0v) is 9.72. The summed E-state index contributed by atoms with van der Waals surface area (Å²) in [5.41, 5.74) is 0. The van der Waals surface area contributed by atoms with E-state index in [4.69, 9.17) is 4.74 Å². The lowest BCUT2D eigenvalue weighted by molar-refractivity contribution is -0.126. The summed E-state index contributed by atoms with van der Waals surface area (Å²) < 4.78 is 40.7. The van der Waals surface area contributed by atoms with Crippen LogP contribution in [0.25, 0.3) is 0 Å². The largest absolute Gasteiger partial charge is 0.450 e. The molecule has 4 nitrogen and oxygen atoms in total. The molecule has 1 heterocycles. The average Bonchev–Trinajstić information content (AvgIpc) is 2.26. The molecular weight excluding hydrogens is 237 g/mol. The SMILES string of the molecule is CCOC(=O)N1CCC(NCC(F)(F)F)CC1. The number of nitrogens with zero attached hydrogens (tertiary/aromatic N) is 1. The lowest BCUT2D eigenvalue weighted by Gasteiger charge is -2.31. The smallest absolute Gasteiger partial charge is 0.409 e. The highest BCUT2D eigenvalue weighted by Gasteiger charge is 2.30. The molecule has 0 aromatic heterocycles. The Morgan fingerprint density at radius 3 is 2.47 bits per heavy atom. The van der Waals surface area contributed by atoms with Crippen LogP contribution in [-0.2, 0) is 4.74 Å². The van der Waals surface area contributed by atoms with E-state index in [0.717, 1.165) is 0 Å². The molecule has 1 amide bonds. The number of ether oxygens (including phenoxy) is 1. The fourth-order valence-electron chi connectivity index (χ4n) is 1.74. The number of carbonyl (C=O) groups is 1. The van der Waals surface area contributed by atoms with Crippen LogP contribution in [0.3, 0.4) is 0 Å². The van der Waals surface area contributed by atoms with Crippen LogP contribution >= 0.6 is 0 Å². The number of hydrogen-bond donors (Lipinski definition) is 1. The first-order chi connectivity index (χ1) is 7.92. The van der Waals surface area contributed by atoms with Gasteiger partial charge in [0.15, 0.2) is 0 Å². The van der Waals surface area contributed by atoms with Gasteiger partial charge in [-0.05, 0) is 19.8 Å². The van der Waals surface area contributed by atoms with Gasteiger partial charge in [0.1, 0.15) is 0 Å². The lowest BCUT2D eigenvalue weighted by atomic mass is 10.1. The van der Waals surface area contributed by atoms with E-state index in [1.54, 1.807) is 6.92 Å². The molecular formula is C10H17F3N2O2. The maximum Gasteiger partial charge on any atom is 0.409 e. The Balaban J connectivity index is 2.24. The molecule has 0 saturated carbocycles. The average molecular weight is 254 g/mol. The van der Waals surface area contributed by atoms with Crippen LogP contribution in [0.5, 0.6) is 0 Å². The van der Waals surface area contributed by atoms with Crippen LogP contribution in [0.1, 0.15) is 19.8 Å². The zero-order valence-electron chi connectivity index (χ0n) is 9.72. The summed E-state index contributed by atoms with van der Waals surface area (Å²) in [5, 5.41) is 2.45. The molecule has 0 unspecified atom stereocenters. The molecule has 7 heteroatoms. The highest BCUT2D eigenvalue weighted by molar-refractivity contribution is 5.67. The van der Waals surface area contributed by atoms with Crippen LogP contribution in [-0.4, -0.2) is 49.5 Å². The van der Waals surface area contributed by atoms with E-state index in [1.807, 2.05) is 0 Å². The van der Waals surface area contributed by atoms with Gasteiger partial charge in [0.25, 0.3) is 0 Å². The molecule has 0 spiro atoms. The van der Waals surface area contributed by atoms with Crippen molar-refractivity contribution >= 4 is 6.09 Å². The minimum atomic E-state index is -4.18. The first-order valence-electron chi connectivity index (χ1n) is 5.64. The van der Waals surface area contributed by atoms with Gasteiger partial charge in [-0.1, -0.05) is 0 Å². The third-order valence-corrected chi connectivity index (χ3v) is 2.61. The quantitative estimate of drug-likeness (QED) is 0.834. The molecule has 1 rings (SSSR count). The number of likely N-dealkylation sites (tertiary alicyclic amines) is 1. The van der Waals surface area contributed by atoms with Crippen LogP contribution in [0.15, 0.2) is 0 Å². The van der Waals surface area contributed by atoms with E-state index in [-0.39, 0.29) is 12.1 Å². The molecule has 1 aliphatic rings. The number of carbonyl (C=O) groups excluding carboxylic acids is 1. The lowest BCUT2D eigenvalue weighted by Crippen LogP contribution is -2.47. The molecule has 100 valence electrons. The van der Waals surface area contributed by atoms with E-state index in [2.05, 4.69) is 5.32 Å². The number of halogens is 3. The summed E-state index contributed by atoms with van der Waals surface area (Å²) in [6, 6.07) is -0.178. The second-order valence-corrected chi connectivity index (χ2v) is 3.96. The summed E-state index contributed by atoms with van der Waals surface area (Å²) >= 11 is 0. The van der Waals surface area contributed by atoms with E-state index >= 15 is 0 Å². The van der Waals surface area contributed by atoms with E-state index in [0.29, 0.717) is 32.5 Å². The fraction of sp³-hybridized carbons (Fsp3) is 0.900. The highest BCUT2D eigenvalue weighted by Crippen LogP contribution is 2.16. The van der Waals surface area contributed by atoms with Crippen LogP contribution in [0, 0.1) is 0 Å². The monoisotopic (exact) mass is 254 g/mol. The number of nitrogens with one attached hydrogen (secondary N) is 1. The van der Waals surface area contributed by atoms with Gasteiger partial charge >= 0.3 is 12.3 Å². The molecule has 17 heavy (non-hydrogen) atoms. The Morgan fingerprint density at radius 2 is 2.00 bits per heavy atom. The van der Waals surface area contributed by atoms with Gasteiger partial charge < -0.3 is 15.0 Å². The van der Waals surface area contributed by atoms with Crippen molar-refractivity contribution in [1.29, 1.82) is 0 Å². The van der Waals surface area contributed by atoms with Gasteiger partial charge in [-0.25, -0.2) is 4.79 Å². The molecule has 0 aliphatic carbocycles. The molecule has 1 aliphatic heterocycles. The van der Waals surface area contributed by atoms with Crippen molar-refractivity contribution in [2.24, 2.45) is 0 Å². The first kappa shape index (κ1) is 14.1. The summed E-state index contributed by atoms with van der Waals surface area (Å²) in [6.07, 6.45) is -3.52. The first-order valence-corrected chi connectivity index (χ1v) is 5.64. The predicted octanol–water partition coefficient (Wildman–Crippen LogP) is 1.76. The molecule has 0 aromatic rings. The number of amides is 1. The van der Waals surface area contributed by atoms with Crippen molar-refractivity contribution < 1.29 is 22.7 Å². The van der Waals surface area contributed by atoms with Gasteiger partial charge in [-0.15, -0.1) is 0 Å². The summed E-state index contributed by atoms with van der Waals surface area (Å²) in [4.78, 5) is 12.8. The van der Waals surface area contributed by atoms with Crippen molar-refractivity contribution in [1.82, 2.24) is 10.2 Å². The van der Waals surface area contributed by atoms with Crippen LogP contribution in [0.2, 0.25) is 0 Å². The Bertz CT molecular complexity index is 250. The third kappa shape index (κ3) is 5.25. The van der Waals surface area contributed by atoms with Gasteiger partial charge in [0.2, 0.25) is 0 Å². The maximum absolute atomic E-state index is 12.0. The number of hydrogen-bond acceptors (Lipinski definition) is 3. The Kier molecular flexibility index (Phi) is 5.04. The van der Waals surface area contributed by atoms with Crippen molar-refractivity contribution in [3.63, 3.8) is 0 Å². The molecule has 1 saturated heterocycles. The minimum absolute atomic E-state index is 0.178. The van der Waals surface area contributed by atoms with E-state index < -0.39 is 12.7 Å². The fourth-order valence-corrected chi connectivity index (χ4v) is 1.74. The summed E-state index contributed by atoms with van der Waals surface area (Å²) in [5.74, 6) is 0. The van der Waals surface area contributed by atoms with Crippen LogP contribution in [0.4, 0.5) is 18.0 Å². The Labute approximate surface area is 98.1 Å². The third-order valence-electron chi connectivity index (χ3n) is 2.61. The topological polar surface area (TPSA) is 41.6 Å².